The number of aromatic nitrogens is 1. The predicted octanol–water partition coefficient (Wildman–Crippen LogP) is 4.39. The quantitative estimate of drug-likeness (QED) is 0.552. The van der Waals surface area contributed by atoms with E-state index in [2.05, 4.69) is 10.3 Å². The predicted molar refractivity (Wildman–Crippen MR) is 84.1 cm³/mol. The minimum absolute atomic E-state index is 0.112. The number of amides is 1. The highest BCUT2D eigenvalue weighted by Crippen LogP contribution is 2.24. The van der Waals surface area contributed by atoms with Gasteiger partial charge in [-0.1, -0.05) is 0 Å². The summed E-state index contributed by atoms with van der Waals surface area (Å²) in [7, 11) is 0. The van der Waals surface area contributed by atoms with Crippen molar-refractivity contribution in [3.63, 3.8) is 0 Å². The summed E-state index contributed by atoms with van der Waals surface area (Å²) in [5, 5.41) is 2.39. The van der Waals surface area contributed by atoms with E-state index in [0.29, 0.717) is 17.4 Å². The van der Waals surface area contributed by atoms with Crippen molar-refractivity contribution in [3.05, 3.63) is 77.3 Å². The highest BCUT2D eigenvalue weighted by atomic mass is 19.2. The number of carbonyl (C=O) groups is 1. The van der Waals surface area contributed by atoms with Crippen LogP contribution in [0.15, 0.2) is 47.0 Å². The summed E-state index contributed by atoms with van der Waals surface area (Å²) < 4.78 is 58.3. The SMILES string of the molecule is CC(NC(=O)c1ccc(F)c(F)c1F)c1ncc(-c2ccc(F)cc2)o1. The summed E-state index contributed by atoms with van der Waals surface area (Å²) in [4.78, 5) is 16.1. The summed E-state index contributed by atoms with van der Waals surface area (Å²) in [5.74, 6) is -5.57. The fourth-order valence-electron chi connectivity index (χ4n) is 2.27. The Balaban J connectivity index is 1.76. The topological polar surface area (TPSA) is 55.1 Å². The van der Waals surface area contributed by atoms with Gasteiger partial charge in [-0.3, -0.25) is 4.79 Å². The van der Waals surface area contributed by atoms with E-state index in [9.17, 15) is 22.4 Å². The zero-order chi connectivity index (χ0) is 18.8. The van der Waals surface area contributed by atoms with Crippen LogP contribution in [0.2, 0.25) is 0 Å². The van der Waals surface area contributed by atoms with Crippen molar-refractivity contribution in [3.8, 4) is 11.3 Å². The van der Waals surface area contributed by atoms with Gasteiger partial charge in [0, 0.05) is 5.56 Å². The van der Waals surface area contributed by atoms with E-state index in [1.807, 2.05) is 0 Å². The first-order valence-electron chi connectivity index (χ1n) is 7.53. The van der Waals surface area contributed by atoms with Crippen LogP contribution in [0.4, 0.5) is 17.6 Å². The number of carbonyl (C=O) groups excluding carboxylic acids is 1. The monoisotopic (exact) mass is 364 g/mol. The second-order valence-corrected chi connectivity index (χ2v) is 5.49. The number of nitrogens with zero attached hydrogens (tertiary/aromatic N) is 1. The molecule has 0 radical (unpaired) electrons. The van der Waals surface area contributed by atoms with Gasteiger partial charge < -0.3 is 9.73 Å². The van der Waals surface area contributed by atoms with Crippen LogP contribution < -0.4 is 5.32 Å². The van der Waals surface area contributed by atoms with Crippen LogP contribution >= 0.6 is 0 Å². The molecule has 2 aromatic carbocycles. The zero-order valence-corrected chi connectivity index (χ0v) is 13.4. The summed E-state index contributed by atoms with van der Waals surface area (Å²) in [6, 6.07) is 6.25. The molecule has 1 aromatic heterocycles. The standard InChI is InChI=1S/C18H12F4N2O2/c1-9(24-17(25)12-6-7-13(20)16(22)15(12)21)18-23-8-14(26-18)10-2-4-11(19)5-3-10/h2-9H,1H3,(H,24,25). The van der Waals surface area contributed by atoms with Crippen LogP contribution in [0.3, 0.4) is 0 Å². The number of hydrogen-bond acceptors (Lipinski definition) is 3. The van der Waals surface area contributed by atoms with Crippen LogP contribution in [0, 0.1) is 23.3 Å². The van der Waals surface area contributed by atoms with E-state index in [0.717, 1.165) is 6.07 Å². The van der Waals surface area contributed by atoms with Crippen LogP contribution in [-0.2, 0) is 0 Å². The normalized spacial score (nSPS) is 12.0. The molecule has 0 saturated carbocycles. The van der Waals surface area contributed by atoms with Gasteiger partial charge in [-0.2, -0.15) is 0 Å². The van der Waals surface area contributed by atoms with Crippen LogP contribution in [0.25, 0.3) is 11.3 Å². The first kappa shape index (κ1) is 17.7. The van der Waals surface area contributed by atoms with E-state index in [1.54, 1.807) is 0 Å². The molecule has 8 heteroatoms. The van der Waals surface area contributed by atoms with Crippen molar-refractivity contribution in [1.29, 1.82) is 0 Å². The van der Waals surface area contributed by atoms with Crippen LogP contribution in [-0.4, -0.2) is 10.9 Å². The van der Waals surface area contributed by atoms with Crippen molar-refractivity contribution < 1.29 is 26.8 Å². The molecule has 0 fully saturated rings. The van der Waals surface area contributed by atoms with Crippen LogP contribution in [0.5, 0.6) is 0 Å². The molecule has 1 heterocycles. The van der Waals surface area contributed by atoms with E-state index >= 15 is 0 Å². The molecule has 4 nitrogen and oxygen atoms in total. The number of oxazole rings is 1. The smallest absolute Gasteiger partial charge is 0.255 e. The average molecular weight is 364 g/mol. The Morgan fingerprint density at radius 1 is 1.04 bits per heavy atom. The van der Waals surface area contributed by atoms with Gasteiger partial charge in [0.25, 0.3) is 5.91 Å². The number of rotatable bonds is 4. The van der Waals surface area contributed by atoms with Crippen molar-refractivity contribution in [2.75, 3.05) is 0 Å². The third-order valence-electron chi connectivity index (χ3n) is 3.65. The van der Waals surface area contributed by atoms with E-state index in [-0.39, 0.29) is 5.89 Å². The molecule has 0 bridgehead atoms. The van der Waals surface area contributed by atoms with Crippen molar-refractivity contribution in [1.82, 2.24) is 10.3 Å². The summed E-state index contributed by atoms with van der Waals surface area (Å²) >= 11 is 0. The van der Waals surface area contributed by atoms with E-state index in [1.165, 1.54) is 37.4 Å². The second-order valence-electron chi connectivity index (χ2n) is 5.49. The van der Waals surface area contributed by atoms with E-state index in [4.69, 9.17) is 4.42 Å². The number of benzene rings is 2. The van der Waals surface area contributed by atoms with E-state index < -0.39 is 40.8 Å². The molecule has 1 N–H and O–H groups in total. The molecule has 26 heavy (non-hydrogen) atoms. The largest absolute Gasteiger partial charge is 0.438 e. The molecule has 0 aliphatic carbocycles. The molecule has 3 aromatic rings. The number of halogens is 4. The van der Waals surface area contributed by atoms with Gasteiger partial charge in [-0.25, -0.2) is 22.5 Å². The number of hydrogen-bond donors (Lipinski definition) is 1. The Morgan fingerprint density at radius 2 is 1.73 bits per heavy atom. The van der Waals surface area contributed by atoms with Gasteiger partial charge in [0.05, 0.1) is 11.8 Å². The lowest BCUT2D eigenvalue weighted by atomic mass is 10.1. The third-order valence-corrected chi connectivity index (χ3v) is 3.65. The molecule has 0 spiro atoms. The highest BCUT2D eigenvalue weighted by Gasteiger charge is 2.22. The summed E-state index contributed by atoms with van der Waals surface area (Å²) in [6.45, 7) is 1.52. The minimum atomic E-state index is -1.72. The Morgan fingerprint density at radius 3 is 2.42 bits per heavy atom. The molecule has 3 rings (SSSR count). The maximum absolute atomic E-state index is 13.7. The Hall–Kier alpha value is -3.16. The maximum atomic E-state index is 13.7. The van der Waals surface area contributed by atoms with Gasteiger partial charge >= 0.3 is 0 Å². The molecule has 1 atom stereocenters. The Bertz CT molecular complexity index is 954. The van der Waals surface area contributed by atoms with Crippen LogP contribution in [0.1, 0.15) is 29.2 Å². The molecule has 0 saturated heterocycles. The lowest BCUT2D eigenvalue weighted by molar-refractivity contribution is 0.0929. The molecular weight excluding hydrogens is 352 g/mol. The lowest BCUT2D eigenvalue weighted by Crippen LogP contribution is -2.28. The van der Waals surface area contributed by atoms with Crippen molar-refractivity contribution >= 4 is 5.91 Å². The van der Waals surface area contributed by atoms with Gasteiger partial charge in [0.1, 0.15) is 11.9 Å². The zero-order valence-electron chi connectivity index (χ0n) is 13.4. The first-order valence-corrected chi connectivity index (χ1v) is 7.53. The molecule has 0 aliphatic heterocycles. The minimum Gasteiger partial charge on any atom is -0.438 e. The van der Waals surface area contributed by atoms with Gasteiger partial charge in [0.15, 0.2) is 23.2 Å². The maximum Gasteiger partial charge on any atom is 0.255 e. The van der Waals surface area contributed by atoms with Gasteiger partial charge in [0.2, 0.25) is 5.89 Å². The molecule has 0 aliphatic rings. The summed E-state index contributed by atoms with van der Waals surface area (Å²) in [6.07, 6.45) is 1.39. The Kier molecular flexibility index (Phi) is 4.75. The van der Waals surface area contributed by atoms with Crippen molar-refractivity contribution in [2.24, 2.45) is 0 Å². The van der Waals surface area contributed by atoms with Gasteiger partial charge in [-0.05, 0) is 43.3 Å². The summed E-state index contributed by atoms with van der Waals surface area (Å²) in [5.41, 5.74) is -0.0589. The molecule has 1 unspecified atom stereocenters. The third kappa shape index (κ3) is 3.44. The highest BCUT2D eigenvalue weighted by molar-refractivity contribution is 5.94. The first-order chi connectivity index (χ1) is 12.4. The second kappa shape index (κ2) is 6.99. The van der Waals surface area contributed by atoms with Gasteiger partial charge in [-0.15, -0.1) is 0 Å². The molecule has 134 valence electrons. The lowest BCUT2D eigenvalue weighted by Gasteiger charge is -2.11. The molecular formula is C18H12F4N2O2. The molecule has 1 amide bonds. The fraction of sp³-hybridized carbons (Fsp3) is 0.111. The Labute approximate surface area is 145 Å². The fourth-order valence-corrected chi connectivity index (χ4v) is 2.27. The van der Waals surface area contributed by atoms with Crippen molar-refractivity contribution in [2.45, 2.75) is 13.0 Å². The average Bonchev–Trinajstić information content (AvgIpc) is 3.10. The number of nitrogens with one attached hydrogen (secondary N) is 1.